The normalized spacial score (nSPS) is 15.4. The average Bonchev–Trinajstić information content (AvgIpc) is 2.86. The summed E-state index contributed by atoms with van der Waals surface area (Å²) in [6.45, 7) is 5.86. The maximum Gasteiger partial charge on any atom is 0.241 e. The van der Waals surface area contributed by atoms with Crippen LogP contribution in [0.5, 0.6) is 0 Å². The van der Waals surface area contributed by atoms with Crippen LogP contribution in [-0.4, -0.2) is 40.7 Å². The summed E-state index contributed by atoms with van der Waals surface area (Å²) in [5, 5.41) is 7.26. The third-order valence-corrected chi connectivity index (χ3v) is 3.70. The summed E-state index contributed by atoms with van der Waals surface area (Å²) in [6, 6.07) is 6.66. The Kier molecular flexibility index (Phi) is 4.26. The zero-order valence-electron chi connectivity index (χ0n) is 12.1. The Bertz CT molecular complexity index is 580. The van der Waals surface area contributed by atoms with Crippen molar-refractivity contribution in [3.8, 4) is 11.4 Å². The minimum absolute atomic E-state index is 0.269. The number of benzene rings is 1. The van der Waals surface area contributed by atoms with E-state index in [1.807, 2.05) is 0 Å². The maximum absolute atomic E-state index is 12.9. The van der Waals surface area contributed by atoms with E-state index in [4.69, 9.17) is 4.52 Å². The average molecular weight is 290 g/mol. The third-order valence-electron chi connectivity index (χ3n) is 3.70. The van der Waals surface area contributed by atoms with Gasteiger partial charge in [-0.05, 0) is 37.2 Å². The smallest absolute Gasteiger partial charge is 0.241 e. The molecule has 0 amide bonds. The fraction of sp³-hybridized carbons (Fsp3) is 0.467. The molecule has 112 valence electrons. The molecule has 0 atom stereocenters. The van der Waals surface area contributed by atoms with Gasteiger partial charge in [0.1, 0.15) is 5.82 Å². The molecule has 0 spiro atoms. The fourth-order valence-electron chi connectivity index (χ4n) is 2.42. The highest BCUT2D eigenvalue weighted by atomic mass is 19.1. The Balaban J connectivity index is 1.70. The lowest BCUT2D eigenvalue weighted by Crippen LogP contribution is -2.57. The fourth-order valence-corrected chi connectivity index (χ4v) is 2.42. The zero-order valence-corrected chi connectivity index (χ0v) is 12.1. The van der Waals surface area contributed by atoms with Gasteiger partial charge < -0.3 is 9.84 Å². The van der Waals surface area contributed by atoms with E-state index in [0.717, 1.165) is 31.6 Å². The number of aromatic nitrogens is 2. The molecule has 1 aromatic heterocycles. The molecule has 1 fully saturated rings. The van der Waals surface area contributed by atoms with Crippen LogP contribution in [0.25, 0.3) is 11.4 Å². The van der Waals surface area contributed by atoms with Gasteiger partial charge in [0.05, 0.1) is 6.54 Å². The molecule has 0 radical (unpaired) electrons. The van der Waals surface area contributed by atoms with Gasteiger partial charge in [0.25, 0.3) is 0 Å². The van der Waals surface area contributed by atoms with Crippen LogP contribution in [0.15, 0.2) is 28.8 Å². The van der Waals surface area contributed by atoms with E-state index in [1.54, 1.807) is 12.1 Å². The van der Waals surface area contributed by atoms with Crippen LogP contribution >= 0.6 is 0 Å². The van der Waals surface area contributed by atoms with Gasteiger partial charge in [-0.3, -0.25) is 4.90 Å². The number of hydrogen-bond donors (Lipinski definition) is 1. The number of nitrogens with zero attached hydrogens (tertiary/aromatic N) is 3. The summed E-state index contributed by atoms with van der Waals surface area (Å²) in [4.78, 5) is 6.77. The van der Waals surface area contributed by atoms with Crippen LogP contribution in [0.3, 0.4) is 0 Å². The minimum Gasteiger partial charge on any atom is -0.338 e. The molecule has 2 aromatic rings. The van der Waals surface area contributed by atoms with Crippen molar-refractivity contribution in [2.45, 2.75) is 25.9 Å². The summed E-state index contributed by atoms with van der Waals surface area (Å²) >= 11 is 0. The molecule has 0 aliphatic carbocycles. The highest BCUT2D eigenvalue weighted by Gasteiger charge is 2.25. The molecule has 1 aliphatic heterocycles. The maximum atomic E-state index is 12.9. The van der Waals surface area contributed by atoms with Crippen molar-refractivity contribution in [1.29, 1.82) is 0 Å². The van der Waals surface area contributed by atoms with E-state index < -0.39 is 0 Å². The van der Waals surface area contributed by atoms with Crippen LogP contribution in [0.2, 0.25) is 0 Å². The Morgan fingerprint density at radius 1 is 1.33 bits per heavy atom. The second kappa shape index (κ2) is 6.32. The van der Waals surface area contributed by atoms with E-state index in [9.17, 15) is 4.39 Å². The van der Waals surface area contributed by atoms with Crippen molar-refractivity contribution in [2.75, 3.05) is 19.6 Å². The van der Waals surface area contributed by atoms with Gasteiger partial charge in [0.15, 0.2) is 0 Å². The van der Waals surface area contributed by atoms with E-state index >= 15 is 0 Å². The highest BCUT2D eigenvalue weighted by Crippen LogP contribution is 2.18. The van der Waals surface area contributed by atoms with Gasteiger partial charge in [-0.1, -0.05) is 12.1 Å². The SMILES string of the molecule is CCCN(Cc1nc(-c2ccc(F)cc2)no1)C1CNC1. The Hall–Kier alpha value is -1.79. The summed E-state index contributed by atoms with van der Waals surface area (Å²) < 4.78 is 18.2. The highest BCUT2D eigenvalue weighted by molar-refractivity contribution is 5.53. The second-order valence-electron chi connectivity index (χ2n) is 5.30. The standard InChI is InChI=1S/C15H19FN4O/c1-2-7-20(13-8-17-9-13)10-14-18-15(19-21-14)11-3-5-12(16)6-4-11/h3-6,13,17H,2,7-10H2,1H3. The molecule has 1 aliphatic rings. The minimum atomic E-state index is -0.269. The Morgan fingerprint density at radius 3 is 2.71 bits per heavy atom. The Morgan fingerprint density at radius 2 is 2.10 bits per heavy atom. The molecule has 2 heterocycles. The molecule has 1 saturated heterocycles. The topological polar surface area (TPSA) is 54.2 Å². The number of halogens is 1. The first-order chi connectivity index (χ1) is 10.3. The first-order valence-electron chi connectivity index (χ1n) is 7.29. The van der Waals surface area contributed by atoms with Crippen molar-refractivity contribution in [3.63, 3.8) is 0 Å². The number of hydrogen-bond acceptors (Lipinski definition) is 5. The zero-order chi connectivity index (χ0) is 14.7. The van der Waals surface area contributed by atoms with Gasteiger partial charge >= 0.3 is 0 Å². The first kappa shape index (κ1) is 14.2. The van der Waals surface area contributed by atoms with E-state index in [-0.39, 0.29) is 5.82 Å². The second-order valence-corrected chi connectivity index (χ2v) is 5.30. The van der Waals surface area contributed by atoms with Gasteiger partial charge in [-0.15, -0.1) is 0 Å². The number of rotatable bonds is 6. The molecular weight excluding hydrogens is 271 g/mol. The molecule has 5 nitrogen and oxygen atoms in total. The van der Waals surface area contributed by atoms with E-state index in [2.05, 4.69) is 27.3 Å². The molecule has 0 bridgehead atoms. The van der Waals surface area contributed by atoms with Crippen LogP contribution in [0.4, 0.5) is 4.39 Å². The summed E-state index contributed by atoms with van der Waals surface area (Å²) in [5.74, 6) is 0.844. The van der Waals surface area contributed by atoms with E-state index in [1.165, 1.54) is 12.1 Å². The van der Waals surface area contributed by atoms with Gasteiger partial charge in [0.2, 0.25) is 11.7 Å². The lowest BCUT2D eigenvalue weighted by atomic mass is 10.1. The summed E-state index contributed by atoms with van der Waals surface area (Å²) in [7, 11) is 0. The quantitative estimate of drug-likeness (QED) is 0.882. The van der Waals surface area contributed by atoms with Gasteiger partial charge in [-0.2, -0.15) is 4.98 Å². The first-order valence-corrected chi connectivity index (χ1v) is 7.29. The van der Waals surface area contributed by atoms with Gasteiger partial charge in [-0.25, -0.2) is 4.39 Å². The lowest BCUT2D eigenvalue weighted by Gasteiger charge is -2.37. The molecule has 1 aromatic carbocycles. The molecule has 6 heteroatoms. The van der Waals surface area contributed by atoms with Crippen molar-refractivity contribution in [3.05, 3.63) is 36.0 Å². The lowest BCUT2D eigenvalue weighted by molar-refractivity contribution is 0.122. The molecular formula is C15H19FN4O. The summed E-state index contributed by atoms with van der Waals surface area (Å²) in [6.07, 6.45) is 1.09. The van der Waals surface area contributed by atoms with Crippen molar-refractivity contribution < 1.29 is 8.91 Å². The predicted octanol–water partition coefficient (Wildman–Crippen LogP) is 2.06. The van der Waals surface area contributed by atoms with Crippen molar-refractivity contribution >= 4 is 0 Å². The molecule has 0 saturated carbocycles. The largest absolute Gasteiger partial charge is 0.338 e. The predicted molar refractivity (Wildman–Crippen MR) is 77.1 cm³/mol. The van der Waals surface area contributed by atoms with E-state index in [0.29, 0.717) is 24.3 Å². The Labute approximate surface area is 123 Å². The third kappa shape index (κ3) is 3.28. The van der Waals surface area contributed by atoms with Crippen molar-refractivity contribution in [1.82, 2.24) is 20.4 Å². The number of nitrogens with one attached hydrogen (secondary N) is 1. The van der Waals surface area contributed by atoms with Crippen LogP contribution in [0.1, 0.15) is 19.2 Å². The molecule has 21 heavy (non-hydrogen) atoms. The monoisotopic (exact) mass is 290 g/mol. The summed E-state index contributed by atoms with van der Waals surface area (Å²) in [5.41, 5.74) is 0.763. The molecule has 3 rings (SSSR count). The van der Waals surface area contributed by atoms with Crippen LogP contribution < -0.4 is 5.32 Å². The van der Waals surface area contributed by atoms with Crippen LogP contribution in [-0.2, 0) is 6.54 Å². The van der Waals surface area contributed by atoms with Crippen LogP contribution in [0, 0.1) is 5.82 Å². The molecule has 1 N–H and O–H groups in total. The molecule has 0 unspecified atom stereocenters. The van der Waals surface area contributed by atoms with Gasteiger partial charge in [0, 0.05) is 24.7 Å². The van der Waals surface area contributed by atoms with Crippen molar-refractivity contribution in [2.24, 2.45) is 0 Å².